The zero-order valence-electron chi connectivity index (χ0n) is 9.14. The fourth-order valence-electron chi connectivity index (χ4n) is 1.49. The topological polar surface area (TPSA) is 60.9 Å². The number of imidazole rings is 1. The fourth-order valence-corrected chi connectivity index (χ4v) is 1.62. The molecule has 4 nitrogen and oxygen atoms in total. The first kappa shape index (κ1) is 11.8. The number of benzene rings is 1. The van der Waals surface area contributed by atoms with Crippen LogP contribution < -0.4 is 5.73 Å². The Morgan fingerprint density at radius 3 is 2.71 bits per heavy atom. The van der Waals surface area contributed by atoms with Crippen molar-refractivity contribution in [2.75, 3.05) is 6.54 Å². The SMILES string of the molecule is NCCc1cn(C(=O)c2ccc(Cl)cc2)cn1. The van der Waals surface area contributed by atoms with Gasteiger partial charge in [0.1, 0.15) is 6.33 Å². The second-order valence-corrected chi connectivity index (χ2v) is 4.06. The molecule has 0 unspecified atom stereocenters. The number of nitrogens with zero attached hydrogens (tertiary/aromatic N) is 2. The van der Waals surface area contributed by atoms with Gasteiger partial charge in [0, 0.05) is 23.2 Å². The van der Waals surface area contributed by atoms with Crippen molar-refractivity contribution in [2.45, 2.75) is 6.42 Å². The maximum Gasteiger partial charge on any atom is 0.263 e. The molecule has 0 atom stereocenters. The first-order valence-corrected chi connectivity index (χ1v) is 5.61. The van der Waals surface area contributed by atoms with Crippen molar-refractivity contribution >= 4 is 17.5 Å². The Bertz CT molecular complexity index is 519. The predicted molar refractivity (Wildman–Crippen MR) is 66.2 cm³/mol. The van der Waals surface area contributed by atoms with Gasteiger partial charge in [-0.3, -0.25) is 9.36 Å². The van der Waals surface area contributed by atoms with Gasteiger partial charge in [-0.05, 0) is 30.8 Å². The van der Waals surface area contributed by atoms with Gasteiger partial charge in [0.25, 0.3) is 5.91 Å². The molecule has 2 N–H and O–H groups in total. The summed E-state index contributed by atoms with van der Waals surface area (Å²) in [6.07, 6.45) is 3.87. The summed E-state index contributed by atoms with van der Waals surface area (Å²) < 4.78 is 1.45. The number of aromatic nitrogens is 2. The second-order valence-electron chi connectivity index (χ2n) is 3.62. The van der Waals surface area contributed by atoms with E-state index in [-0.39, 0.29) is 5.91 Å². The molecule has 0 fully saturated rings. The van der Waals surface area contributed by atoms with E-state index in [4.69, 9.17) is 17.3 Å². The smallest absolute Gasteiger partial charge is 0.263 e. The van der Waals surface area contributed by atoms with Crippen molar-refractivity contribution < 1.29 is 4.79 Å². The molecule has 1 aromatic carbocycles. The fraction of sp³-hybridized carbons (Fsp3) is 0.167. The summed E-state index contributed by atoms with van der Waals surface area (Å²) in [6.45, 7) is 0.520. The molecule has 0 saturated heterocycles. The van der Waals surface area contributed by atoms with Gasteiger partial charge < -0.3 is 5.73 Å². The monoisotopic (exact) mass is 249 g/mol. The highest BCUT2D eigenvalue weighted by Crippen LogP contribution is 2.11. The molecule has 0 radical (unpaired) electrons. The lowest BCUT2D eigenvalue weighted by Gasteiger charge is -2.00. The minimum absolute atomic E-state index is 0.127. The van der Waals surface area contributed by atoms with Crippen LogP contribution in [0.2, 0.25) is 5.02 Å². The third-order valence-corrected chi connectivity index (χ3v) is 2.61. The van der Waals surface area contributed by atoms with E-state index >= 15 is 0 Å². The average molecular weight is 250 g/mol. The van der Waals surface area contributed by atoms with Gasteiger partial charge >= 0.3 is 0 Å². The minimum atomic E-state index is -0.127. The summed E-state index contributed by atoms with van der Waals surface area (Å²) in [4.78, 5) is 16.1. The van der Waals surface area contributed by atoms with Gasteiger partial charge in [-0.1, -0.05) is 11.6 Å². The van der Waals surface area contributed by atoms with E-state index in [9.17, 15) is 4.79 Å². The zero-order valence-corrected chi connectivity index (χ0v) is 9.89. The average Bonchev–Trinajstić information content (AvgIpc) is 2.78. The van der Waals surface area contributed by atoms with Crippen LogP contribution in [-0.2, 0) is 6.42 Å². The van der Waals surface area contributed by atoms with Crippen molar-refractivity contribution in [3.63, 3.8) is 0 Å². The van der Waals surface area contributed by atoms with Crippen LogP contribution in [0.25, 0.3) is 0 Å². The van der Waals surface area contributed by atoms with E-state index in [0.717, 1.165) is 5.69 Å². The van der Waals surface area contributed by atoms with Crippen LogP contribution in [0.15, 0.2) is 36.8 Å². The summed E-state index contributed by atoms with van der Waals surface area (Å²) in [7, 11) is 0. The lowest BCUT2D eigenvalue weighted by atomic mass is 10.2. The third kappa shape index (κ3) is 2.72. The van der Waals surface area contributed by atoms with E-state index in [0.29, 0.717) is 23.6 Å². The van der Waals surface area contributed by atoms with E-state index < -0.39 is 0 Å². The Morgan fingerprint density at radius 1 is 1.35 bits per heavy atom. The first-order valence-electron chi connectivity index (χ1n) is 5.24. The maximum absolute atomic E-state index is 12.0. The van der Waals surface area contributed by atoms with Crippen molar-refractivity contribution in [1.82, 2.24) is 9.55 Å². The molecule has 88 valence electrons. The largest absolute Gasteiger partial charge is 0.330 e. The summed E-state index contributed by atoms with van der Waals surface area (Å²) in [6, 6.07) is 6.75. The molecular formula is C12H12ClN3O. The lowest BCUT2D eigenvalue weighted by molar-refractivity contribution is 0.0959. The molecule has 0 aliphatic carbocycles. The normalized spacial score (nSPS) is 10.5. The van der Waals surface area contributed by atoms with Gasteiger partial charge in [0.15, 0.2) is 0 Å². The number of hydrogen-bond acceptors (Lipinski definition) is 3. The number of halogens is 1. The van der Waals surface area contributed by atoms with Crippen molar-refractivity contribution in [1.29, 1.82) is 0 Å². The highest BCUT2D eigenvalue weighted by Gasteiger charge is 2.09. The van der Waals surface area contributed by atoms with Crippen molar-refractivity contribution in [3.8, 4) is 0 Å². The minimum Gasteiger partial charge on any atom is -0.330 e. The Balaban J connectivity index is 2.21. The Morgan fingerprint density at radius 2 is 2.06 bits per heavy atom. The molecule has 17 heavy (non-hydrogen) atoms. The Hall–Kier alpha value is -1.65. The lowest BCUT2D eigenvalue weighted by Crippen LogP contribution is -2.09. The van der Waals surface area contributed by atoms with Crippen molar-refractivity contribution in [3.05, 3.63) is 53.1 Å². The molecule has 0 saturated carbocycles. The molecule has 0 amide bonds. The van der Waals surface area contributed by atoms with Gasteiger partial charge in [-0.15, -0.1) is 0 Å². The number of rotatable bonds is 3. The van der Waals surface area contributed by atoms with Crippen molar-refractivity contribution in [2.24, 2.45) is 5.73 Å². The van der Waals surface area contributed by atoms with Crippen LogP contribution in [0.3, 0.4) is 0 Å². The highest BCUT2D eigenvalue weighted by atomic mass is 35.5. The van der Waals surface area contributed by atoms with Gasteiger partial charge in [-0.25, -0.2) is 4.98 Å². The van der Waals surface area contributed by atoms with Crippen LogP contribution in [0.1, 0.15) is 16.1 Å². The number of carbonyl (C=O) groups excluding carboxylic acids is 1. The van der Waals surface area contributed by atoms with Crippen LogP contribution in [0.4, 0.5) is 0 Å². The van der Waals surface area contributed by atoms with E-state index in [1.807, 2.05) is 0 Å². The quantitative estimate of drug-likeness (QED) is 0.901. The predicted octanol–water partition coefficient (Wildman–Crippen LogP) is 1.73. The third-order valence-electron chi connectivity index (χ3n) is 2.36. The molecule has 2 rings (SSSR count). The molecule has 0 spiro atoms. The molecular weight excluding hydrogens is 238 g/mol. The van der Waals surface area contributed by atoms with E-state index in [1.54, 1.807) is 30.5 Å². The van der Waals surface area contributed by atoms with Crippen LogP contribution in [0.5, 0.6) is 0 Å². The summed E-state index contributed by atoms with van der Waals surface area (Å²) >= 11 is 5.76. The van der Waals surface area contributed by atoms with Gasteiger partial charge in [0.05, 0.1) is 5.69 Å². The highest BCUT2D eigenvalue weighted by molar-refractivity contribution is 6.30. The summed E-state index contributed by atoms with van der Waals surface area (Å²) in [5, 5.41) is 0.607. The number of carbonyl (C=O) groups is 1. The maximum atomic E-state index is 12.0. The van der Waals surface area contributed by atoms with Crippen LogP contribution in [-0.4, -0.2) is 22.0 Å². The summed E-state index contributed by atoms with van der Waals surface area (Å²) in [5.41, 5.74) is 6.81. The molecule has 0 aliphatic heterocycles. The van der Waals surface area contributed by atoms with E-state index in [1.165, 1.54) is 10.9 Å². The molecule has 1 aromatic heterocycles. The first-order chi connectivity index (χ1) is 8.20. The van der Waals surface area contributed by atoms with Crippen LogP contribution in [0, 0.1) is 0 Å². The second kappa shape index (κ2) is 5.12. The van der Waals surface area contributed by atoms with E-state index in [2.05, 4.69) is 4.98 Å². The summed E-state index contributed by atoms with van der Waals surface area (Å²) in [5.74, 6) is -0.127. The Labute approximate surface area is 104 Å². The molecule has 5 heteroatoms. The standard InChI is InChI=1S/C12H12ClN3O/c13-10-3-1-9(2-4-10)12(17)16-7-11(5-6-14)15-8-16/h1-4,7-8H,5-6,14H2. The molecule has 0 aliphatic rings. The Kier molecular flexibility index (Phi) is 3.56. The molecule has 0 bridgehead atoms. The number of nitrogens with two attached hydrogens (primary N) is 1. The van der Waals surface area contributed by atoms with Crippen LogP contribution >= 0.6 is 11.6 Å². The number of hydrogen-bond donors (Lipinski definition) is 1. The zero-order chi connectivity index (χ0) is 12.3. The molecule has 1 heterocycles. The molecule has 2 aromatic rings. The van der Waals surface area contributed by atoms with Gasteiger partial charge in [0.2, 0.25) is 0 Å². The van der Waals surface area contributed by atoms with Gasteiger partial charge in [-0.2, -0.15) is 0 Å².